The van der Waals surface area contributed by atoms with E-state index in [1.807, 2.05) is 12.3 Å². The molecular formula is C11H16N4. The average molecular weight is 204 g/mol. The van der Waals surface area contributed by atoms with E-state index in [1.165, 1.54) is 0 Å². The Bertz CT molecular complexity index is 479. The third-order valence-corrected chi connectivity index (χ3v) is 2.41. The summed E-state index contributed by atoms with van der Waals surface area (Å²) in [5.41, 5.74) is 8.71. The van der Waals surface area contributed by atoms with Crippen LogP contribution in [0, 0.1) is 0 Å². The molecule has 80 valence electrons. The second kappa shape index (κ2) is 3.31. The smallest absolute Gasteiger partial charge is 0.159 e. The van der Waals surface area contributed by atoms with Crippen LogP contribution in [0.4, 0.5) is 0 Å². The molecule has 0 atom stereocenters. The highest BCUT2D eigenvalue weighted by atomic mass is 15.3. The van der Waals surface area contributed by atoms with E-state index in [1.54, 1.807) is 10.7 Å². The summed E-state index contributed by atoms with van der Waals surface area (Å²) in [5, 5.41) is 4.53. The van der Waals surface area contributed by atoms with Crippen molar-refractivity contribution in [2.75, 3.05) is 0 Å². The third-order valence-electron chi connectivity index (χ3n) is 2.41. The summed E-state index contributed by atoms with van der Waals surface area (Å²) in [7, 11) is 0. The lowest BCUT2D eigenvalue weighted by Gasteiger charge is -2.16. The molecule has 0 spiro atoms. The van der Waals surface area contributed by atoms with Crippen molar-refractivity contribution in [3.63, 3.8) is 0 Å². The van der Waals surface area contributed by atoms with Gasteiger partial charge in [-0.25, -0.2) is 9.50 Å². The summed E-state index contributed by atoms with van der Waals surface area (Å²) in [6.45, 7) is 6.88. The summed E-state index contributed by atoms with van der Waals surface area (Å²) in [5.74, 6) is 0. The third kappa shape index (κ3) is 1.61. The Morgan fingerprint density at radius 2 is 2.13 bits per heavy atom. The van der Waals surface area contributed by atoms with Gasteiger partial charge < -0.3 is 5.73 Å². The first-order valence-corrected chi connectivity index (χ1v) is 5.07. The minimum atomic E-state index is 0.00238. The molecule has 0 bridgehead atoms. The van der Waals surface area contributed by atoms with Gasteiger partial charge in [0.15, 0.2) is 5.65 Å². The van der Waals surface area contributed by atoms with Crippen LogP contribution in [0.5, 0.6) is 0 Å². The highest BCUT2D eigenvalue weighted by molar-refractivity contribution is 5.51. The summed E-state index contributed by atoms with van der Waals surface area (Å²) in [6.07, 6.45) is 3.67. The number of rotatable bonds is 1. The van der Waals surface area contributed by atoms with Crippen LogP contribution >= 0.6 is 0 Å². The second-order valence-electron chi connectivity index (χ2n) is 4.67. The Kier molecular flexibility index (Phi) is 2.23. The van der Waals surface area contributed by atoms with Gasteiger partial charge >= 0.3 is 0 Å². The Balaban J connectivity index is 2.75. The highest BCUT2D eigenvalue weighted by Gasteiger charge is 2.23. The van der Waals surface area contributed by atoms with Crippen LogP contribution in [0.2, 0.25) is 0 Å². The molecule has 2 N–H and O–H groups in total. The molecule has 2 aromatic heterocycles. The zero-order valence-corrected chi connectivity index (χ0v) is 9.36. The molecule has 2 heterocycles. The van der Waals surface area contributed by atoms with Gasteiger partial charge in [0.2, 0.25) is 0 Å². The van der Waals surface area contributed by atoms with E-state index in [2.05, 4.69) is 30.9 Å². The summed E-state index contributed by atoms with van der Waals surface area (Å²) >= 11 is 0. The van der Waals surface area contributed by atoms with Crippen LogP contribution < -0.4 is 5.73 Å². The molecule has 0 radical (unpaired) electrons. The lowest BCUT2D eigenvalue weighted by Crippen LogP contribution is -2.15. The topological polar surface area (TPSA) is 56.2 Å². The van der Waals surface area contributed by atoms with Gasteiger partial charge in [-0.15, -0.1) is 0 Å². The molecule has 2 rings (SSSR count). The van der Waals surface area contributed by atoms with Crippen molar-refractivity contribution in [2.45, 2.75) is 32.7 Å². The maximum atomic E-state index is 5.76. The van der Waals surface area contributed by atoms with E-state index in [9.17, 15) is 0 Å². The zero-order chi connectivity index (χ0) is 11.1. The monoisotopic (exact) mass is 204 g/mol. The standard InChI is InChI=1S/C11H16N4/c1-11(2,3)9-8(7-12)10-13-5-4-6-15(10)14-9/h4-6H,7,12H2,1-3H3. The van der Waals surface area contributed by atoms with Crippen molar-refractivity contribution < 1.29 is 0 Å². The summed E-state index contributed by atoms with van der Waals surface area (Å²) in [6, 6.07) is 1.87. The van der Waals surface area contributed by atoms with Gasteiger partial charge in [-0.05, 0) is 6.07 Å². The van der Waals surface area contributed by atoms with E-state index in [-0.39, 0.29) is 5.41 Å². The zero-order valence-electron chi connectivity index (χ0n) is 9.36. The van der Waals surface area contributed by atoms with Crippen LogP contribution in [0.25, 0.3) is 5.65 Å². The van der Waals surface area contributed by atoms with E-state index in [0.29, 0.717) is 6.54 Å². The Hall–Kier alpha value is -1.42. The Labute approximate surface area is 89.1 Å². The quantitative estimate of drug-likeness (QED) is 0.765. The average Bonchev–Trinajstić information content (AvgIpc) is 2.55. The van der Waals surface area contributed by atoms with E-state index >= 15 is 0 Å². The Morgan fingerprint density at radius 3 is 2.73 bits per heavy atom. The SMILES string of the molecule is CC(C)(C)c1nn2cccnc2c1CN. The summed E-state index contributed by atoms with van der Waals surface area (Å²) < 4.78 is 1.79. The van der Waals surface area contributed by atoms with Crippen LogP contribution in [0.15, 0.2) is 18.5 Å². The predicted octanol–water partition coefficient (Wildman–Crippen LogP) is 1.49. The van der Waals surface area contributed by atoms with Gasteiger partial charge in [-0.2, -0.15) is 5.10 Å². The number of nitrogens with two attached hydrogens (primary N) is 1. The molecule has 4 nitrogen and oxygen atoms in total. The molecule has 0 saturated heterocycles. The fourth-order valence-corrected chi connectivity index (χ4v) is 1.72. The fourth-order valence-electron chi connectivity index (χ4n) is 1.72. The number of nitrogens with zero attached hydrogens (tertiary/aromatic N) is 3. The van der Waals surface area contributed by atoms with E-state index in [4.69, 9.17) is 5.73 Å². The molecule has 2 aromatic rings. The lowest BCUT2D eigenvalue weighted by molar-refractivity contribution is 0.556. The van der Waals surface area contributed by atoms with Crippen molar-refractivity contribution in [1.82, 2.24) is 14.6 Å². The first-order valence-electron chi connectivity index (χ1n) is 5.07. The van der Waals surface area contributed by atoms with Crippen LogP contribution in [-0.2, 0) is 12.0 Å². The maximum absolute atomic E-state index is 5.76. The van der Waals surface area contributed by atoms with E-state index in [0.717, 1.165) is 16.9 Å². The number of hydrogen-bond donors (Lipinski definition) is 1. The molecule has 0 saturated carbocycles. The molecule has 0 aliphatic heterocycles. The first-order chi connectivity index (χ1) is 7.04. The number of aromatic nitrogens is 3. The van der Waals surface area contributed by atoms with Crippen molar-refractivity contribution in [3.8, 4) is 0 Å². The van der Waals surface area contributed by atoms with Crippen molar-refractivity contribution >= 4 is 5.65 Å². The molecule has 0 aromatic carbocycles. The lowest BCUT2D eigenvalue weighted by atomic mass is 9.89. The van der Waals surface area contributed by atoms with Crippen LogP contribution in [0.1, 0.15) is 32.0 Å². The van der Waals surface area contributed by atoms with Gasteiger partial charge in [-0.3, -0.25) is 0 Å². The normalized spacial score (nSPS) is 12.3. The number of hydrogen-bond acceptors (Lipinski definition) is 3. The maximum Gasteiger partial charge on any atom is 0.159 e. The second-order valence-corrected chi connectivity index (χ2v) is 4.67. The van der Waals surface area contributed by atoms with Crippen molar-refractivity contribution in [2.24, 2.45) is 5.73 Å². The van der Waals surface area contributed by atoms with Crippen molar-refractivity contribution in [3.05, 3.63) is 29.7 Å². The molecule has 0 fully saturated rings. The van der Waals surface area contributed by atoms with Gasteiger partial charge in [-0.1, -0.05) is 20.8 Å². The fraction of sp³-hybridized carbons (Fsp3) is 0.455. The molecule has 0 unspecified atom stereocenters. The minimum Gasteiger partial charge on any atom is -0.326 e. The highest BCUT2D eigenvalue weighted by Crippen LogP contribution is 2.26. The number of fused-ring (bicyclic) bond motifs is 1. The first kappa shape index (κ1) is 10.1. The van der Waals surface area contributed by atoms with Gasteiger partial charge in [0.05, 0.1) is 5.69 Å². The molecular weight excluding hydrogens is 188 g/mol. The Morgan fingerprint density at radius 1 is 1.40 bits per heavy atom. The van der Waals surface area contributed by atoms with E-state index < -0.39 is 0 Å². The van der Waals surface area contributed by atoms with Crippen molar-refractivity contribution in [1.29, 1.82) is 0 Å². The summed E-state index contributed by atoms with van der Waals surface area (Å²) in [4.78, 5) is 4.31. The molecule has 15 heavy (non-hydrogen) atoms. The van der Waals surface area contributed by atoms with Gasteiger partial charge in [0.1, 0.15) is 0 Å². The predicted molar refractivity (Wildman–Crippen MR) is 59.6 cm³/mol. The van der Waals surface area contributed by atoms with Gasteiger partial charge in [0, 0.05) is 29.9 Å². The minimum absolute atomic E-state index is 0.00238. The molecule has 0 amide bonds. The van der Waals surface area contributed by atoms with Crippen LogP contribution in [-0.4, -0.2) is 14.6 Å². The molecule has 0 aliphatic carbocycles. The largest absolute Gasteiger partial charge is 0.326 e. The van der Waals surface area contributed by atoms with Crippen LogP contribution in [0.3, 0.4) is 0 Å². The van der Waals surface area contributed by atoms with Gasteiger partial charge in [0.25, 0.3) is 0 Å². The molecule has 0 aliphatic rings. The molecule has 4 heteroatoms.